The quantitative estimate of drug-likeness (QED) is 0.295. The number of esters is 1. The van der Waals surface area contributed by atoms with Gasteiger partial charge in [-0.05, 0) is 30.3 Å². The zero-order chi connectivity index (χ0) is 24.2. The fourth-order valence-electron chi connectivity index (χ4n) is 3.64. The predicted octanol–water partition coefficient (Wildman–Crippen LogP) is 2.37. The Bertz CT molecular complexity index is 1320. The van der Waals surface area contributed by atoms with E-state index in [1.54, 1.807) is 35.9 Å². The van der Waals surface area contributed by atoms with Gasteiger partial charge in [0.25, 0.3) is 11.6 Å². The van der Waals surface area contributed by atoms with Crippen LogP contribution in [0.4, 0.5) is 11.4 Å². The van der Waals surface area contributed by atoms with E-state index in [0.717, 1.165) is 4.70 Å². The van der Waals surface area contributed by atoms with Gasteiger partial charge in [0.05, 0.1) is 42.6 Å². The maximum atomic E-state index is 13.0. The first-order valence-electron chi connectivity index (χ1n) is 10.4. The molecule has 178 valence electrons. The first-order valence-corrected chi connectivity index (χ1v) is 11.2. The monoisotopic (exact) mass is 486 g/mol. The average molecular weight is 487 g/mol. The Labute approximate surface area is 197 Å². The van der Waals surface area contributed by atoms with Crippen molar-refractivity contribution in [3.05, 3.63) is 56.9 Å². The molecule has 4 rings (SSSR count). The van der Waals surface area contributed by atoms with E-state index < -0.39 is 16.8 Å². The summed E-state index contributed by atoms with van der Waals surface area (Å²) in [6.07, 6.45) is 0. The molecule has 1 saturated heterocycles. The normalized spacial score (nSPS) is 14.3. The molecule has 0 spiro atoms. The van der Waals surface area contributed by atoms with Crippen LogP contribution >= 0.6 is 11.3 Å². The SMILES string of the molecule is COC(=O)Cn1c(=NC(=O)c2ccc(N3CCOCC3)c([N+](=O)[O-])c2)sc2cc(OC)ccc21. The Kier molecular flexibility index (Phi) is 6.89. The molecular formula is C22H22N4O7S. The van der Waals surface area contributed by atoms with Crippen molar-refractivity contribution < 1.29 is 28.7 Å². The Morgan fingerprint density at radius 2 is 1.94 bits per heavy atom. The van der Waals surface area contributed by atoms with Crippen molar-refractivity contribution in [2.24, 2.45) is 4.99 Å². The highest BCUT2D eigenvalue weighted by atomic mass is 32.1. The number of nitro benzene ring substituents is 1. The summed E-state index contributed by atoms with van der Waals surface area (Å²) in [5.41, 5.74) is 1.01. The Morgan fingerprint density at radius 1 is 1.18 bits per heavy atom. The lowest BCUT2D eigenvalue weighted by molar-refractivity contribution is -0.384. The standard InChI is InChI=1S/C22H22N4O7S/c1-31-15-4-6-17-19(12-15)34-22(25(17)13-20(27)32-2)23-21(28)14-3-5-16(18(11-14)26(29)30)24-7-9-33-10-8-24/h3-6,11-12H,7-10,13H2,1-2H3. The van der Waals surface area contributed by atoms with Crippen LogP contribution in [0.15, 0.2) is 41.4 Å². The molecule has 3 aromatic rings. The van der Waals surface area contributed by atoms with Crippen LogP contribution in [0.25, 0.3) is 10.2 Å². The molecule has 34 heavy (non-hydrogen) atoms. The van der Waals surface area contributed by atoms with Crippen molar-refractivity contribution in [2.75, 3.05) is 45.4 Å². The van der Waals surface area contributed by atoms with E-state index in [4.69, 9.17) is 14.2 Å². The van der Waals surface area contributed by atoms with E-state index in [-0.39, 0.29) is 22.6 Å². The summed E-state index contributed by atoms with van der Waals surface area (Å²) in [5, 5.41) is 11.7. The average Bonchev–Trinajstić information content (AvgIpc) is 3.19. The molecule has 1 amide bonds. The van der Waals surface area contributed by atoms with E-state index in [1.807, 2.05) is 4.90 Å². The van der Waals surface area contributed by atoms with Gasteiger partial charge in [-0.25, -0.2) is 0 Å². The first-order chi connectivity index (χ1) is 16.4. The molecular weight excluding hydrogens is 464 g/mol. The Morgan fingerprint density at radius 3 is 2.62 bits per heavy atom. The predicted molar refractivity (Wildman–Crippen MR) is 124 cm³/mol. The minimum Gasteiger partial charge on any atom is -0.497 e. The third-order valence-electron chi connectivity index (χ3n) is 5.37. The van der Waals surface area contributed by atoms with Crippen molar-refractivity contribution in [1.29, 1.82) is 0 Å². The van der Waals surface area contributed by atoms with Crippen LogP contribution in [-0.2, 0) is 20.8 Å². The number of carbonyl (C=O) groups is 2. The van der Waals surface area contributed by atoms with E-state index in [9.17, 15) is 19.7 Å². The van der Waals surface area contributed by atoms with Gasteiger partial charge in [0.1, 0.15) is 18.0 Å². The van der Waals surface area contributed by atoms with E-state index in [2.05, 4.69) is 4.99 Å². The van der Waals surface area contributed by atoms with Crippen LogP contribution in [0.1, 0.15) is 10.4 Å². The number of hydrogen-bond acceptors (Lipinski definition) is 9. The lowest BCUT2D eigenvalue weighted by Gasteiger charge is -2.28. The molecule has 1 fully saturated rings. The number of ether oxygens (including phenoxy) is 3. The highest BCUT2D eigenvalue weighted by Crippen LogP contribution is 2.30. The number of hydrogen-bond donors (Lipinski definition) is 0. The summed E-state index contributed by atoms with van der Waals surface area (Å²) in [7, 11) is 2.82. The summed E-state index contributed by atoms with van der Waals surface area (Å²) in [4.78, 5) is 42.5. The number of rotatable bonds is 6. The lowest BCUT2D eigenvalue weighted by atomic mass is 10.1. The van der Waals surface area contributed by atoms with Gasteiger partial charge in [0, 0.05) is 24.7 Å². The van der Waals surface area contributed by atoms with Crippen molar-refractivity contribution >= 4 is 44.8 Å². The number of fused-ring (bicyclic) bond motifs is 1. The number of benzene rings is 2. The molecule has 0 radical (unpaired) electrons. The van der Waals surface area contributed by atoms with Gasteiger partial charge in [-0.1, -0.05) is 11.3 Å². The summed E-state index contributed by atoms with van der Waals surface area (Å²) < 4.78 is 17.7. The van der Waals surface area contributed by atoms with E-state index >= 15 is 0 Å². The number of amides is 1. The second-order valence-corrected chi connectivity index (χ2v) is 8.37. The molecule has 12 heteroatoms. The summed E-state index contributed by atoms with van der Waals surface area (Å²) in [6.45, 7) is 1.85. The third kappa shape index (κ3) is 4.77. The van der Waals surface area contributed by atoms with Crippen LogP contribution < -0.4 is 14.4 Å². The molecule has 2 heterocycles. The zero-order valence-electron chi connectivity index (χ0n) is 18.6. The minimum absolute atomic E-state index is 0.0726. The number of thiazole rings is 1. The number of carbonyl (C=O) groups excluding carboxylic acids is 2. The van der Waals surface area contributed by atoms with Crippen molar-refractivity contribution in [3.63, 3.8) is 0 Å². The van der Waals surface area contributed by atoms with Crippen LogP contribution in [0.2, 0.25) is 0 Å². The number of morpholine rings is 1. The Balaban J connectivity index is 1.76. The number of aromatic nitrogens is 1. The van der Waals surface area contributed by atoms with Crippen LogP contribution in [0.3, 0.4) is 0 Å². The van der Waals surface area contributed by atoms with Gasteiger partial charge in [-0.3, -0.25) is 19.7 Å². The minimum atomic E-state index is -0.659. The zero-order valence-corrected chi connectivity index (χ0v) is 19.4. The summed E-state index contributed by atoms with van der Waals surface area (Å²) in [5.74, 6) is -0.546. The van der Waals surface area contributed by atoms with Gasteiger partial charge >= 0.3 is 5.97 Å². The second-order valence-electron chi connectivity index (χ2n) is 7.36. The van der Waals surface area contributed by atoms with Gasteiger partial charge in [0.15, 0.2) is 4.80 Å². The molecule has 0 unspecified atom stereocenters. The maximum absolute atomic E-state index is 13.0. The van der Waals surface area contributed by atoms with Crippen LogP contribution in [-0.4, -0.2) is 61.9 Å². The number of nitrogens with zero attached hydrogens (tertiary/aromatic N) is 4. The van der Waals surface area contributed by atoms with Gasteiger partial charge in [0.2, 0.25) is 0 Å². The number of anilines is 1. The van der Waals surface area contributed by atoms with Crippen molar-refractivity contribution in [2.45, 2.75) is 6.54 Å². The van der Waals surface area contributed by atoms with E-state index in [1.165, 1.54) is 30.6 Å². The molecule has 0 atom stereocenters. The Hall–Kier alpha value is -3.77. The number of nitro groups is 1. The molecule has 0 bridgehead atoms. The van der Waals surface area contributed by atoms with Crippen LogP contribution in [0, 0.1) is 10.1 Å². The molecule has 0 aliphatic carbocycles. The van der Waals surface area contributed by atoms with Crippen molar-refractivity contribution in [1.82, 2.24) is 4.57 Å². The lowest BCUT2D eigenvalue weighted by Crippen LogP contribution is -2.36. The second kappa shape index (κ2) is 10.0. The van der Waals surface area contributed by atoms with Crippen LogP contribution in [0.5, 0.6) is 5.75 Å². The molecule has 0 N–H and O–H groups in total. The summed E-state index contributed by atoms with van der Waals surface area (Å²) in [6, 6.07) is 9.59. The van der Waals surface area contributed by atoms with Gasteiger partial charge in [-0.15, -0.1) is 0 Å². The number of methoxy groups -OCH3 is 2. The molecule has 2 aromatic carbocycles. The molecule has 11 nitrogen and oxygen atoms in total. The van der Waals surface area contributed by atoms with Gasteiger partial charge < -0.3 is 23.7 Å². The maximum Gasteiger partial charge on any atom is 0.325 e. The topological polar surface area (TPSA) is 126 Å². The molecule has 0 saturated carbocycles. The highest BCUT2D eigenvalue weighted by molar-refractivity contribution is 7.16. The van der Waals surface area contributed by atoms with Gasteiger partial charge in [-0.2, -0.15) is 4.99 Å². The smallest absolute Gasteiger partial charge is 0.325 e. The largest absolute Gasteiger partial charge is 0.497 e. The first kappa shape index (κ1) is 23.4. The highest BCUT2D eigenvalue weighted by Gasteiger charge is 2.23. The van der Waals surface area contributed by atoms with E-state index in [0.29, 0.717) is 43.3 Å². The molecule has 1 aliphatic rings. The fourth-order valence-corrected chi connectivity index (χ4v) is 4.69. The fraction of sp³-hybridized carbons (Fsp3) is 0.318. The summed E-state index contributed by atoms with van der Waals surface area (Å²) >= 11 is 1.20. The third-order valence-corrected chi connectivity index (χ3v) is 6.41. The molecule has 1 aliphatic heterocycles. The van der Waals surface area contributed by atoms with Crippen molar-refractivity contribution in [3.8, 4) is 5.75 Å². The molecule has 1 aromatic heterocycles.